The van der Waals surface area contributed by atoms with Crippen LogP contribution in [0.15, 0.2) is 54.7 Å². The van der Waals surface area contributed by atoms with Crippen molar-refractivity contribution in [1.29, 1.82) is 0 Å². The van der Waals surface area contributed by atoms with Gasteiger partial charge in [-0.25, -0.2) is 0 Å². The smallest absolute Gasteiger partial charge is 0.0457 e. The normalized spacial score (nSPS) is 14.6. The first kappa shape index (κ1) is 15.4. The van der Waals surface area contributed by atoms with Crippen molar-refractivity contribution < 1.29 is 0 Å². The average Bonchev–Trinajstić information content (AvgIpc) is 3.22. The molecule has 24 heavy (non-hydrogen) atoms. The van der Waals surface area contributed by atoms with E-state index in [1.165, 1.54) is 27.6 Å². The molecule has 4 rings (SSSR count). The summed E-state index contributed by atoms with van der Waals surface area (Å²) >= 11 is 0. The van der Waals surface area contributed by atoms with Crippen molar-refractivity contribution in [2.75, 3.05) is 13.1 Å². The van der Waals surface area contributed by atoms with Gasteiger partial charge in [0.05, 0.1) is 0 Å². The van der Waals surface area contributed by atoms with Gasteiger partial charge in [0, 0.05) is 36.2 Å². The molecule has 3 nitrogen and oxygen atoms in total. The van der Waals surface area contributed by atoms with Crippen LogP contribution in [0.4, 0.5) is 0 Å². The first-order valence-corrected chi connectivity index (χ1v) is 8.91. The zero-order valence-corrected chi connectivity index (χ0v) is 14.0. The number of nitrogens with one attached hydrogen (secondary N) is 1. The van der Waals surface area contributed by atoms with Crippen molar-refractivity contribution in [2.24, 2.45) is 5.73 Å². The second-order valence-electron chi connectivity index (χ2n) is 6.80. The van der Waals surface area contributed by atoms with Crippen LogP contribution in [0.1, 0.15) is 23.1 Å². The molecule has 0 unspecified atom stereocenters. The Bertz CT molecular complexity index is 796. The van der Waals surface area contributed by atoms with Gasteiger partial charge in [0.1, 0.15) is 0 Å². The van der Waals surface area contributed by atoms with Crippen molar-refractivity contribution in [2.45, 2.75) is 31.8 Å². The summed E-state index contributed by atoms with van der Waals surface area (Å²) < 4.78 is 0. The first-order valence-electron chi connectivity index (χ1n) is 8.91. The summed E-state index contributed by atoms with van der Waals surface area (Å²) in [6, 6.07) is 18.0. The van der Waals surface area contributed by atoms with Crippen LogP contribution in [0.25, 0.3) is 10.9 Å². The highest BCUT2D eigenvalue weighted by molar-refractivity contribution is 5.82. The molecule has 2 aromatic carbocycles. The minimum absolute atomic E-state index is 0.586. The number of benzene rings is 2. The fraction of sp³-hybridized carbons (Fsp3) is 0.333. The van der Waals surface area contributed by atoms with E-state index in [0.717, 1.165) is 38.9 Å². The van der Waals surface area contributed by atoms with E-state index in [2.05, 4.69) is 64.6 Å². The molecule has 3 heteroatoms. The van der Waals surface area contributed by atoms with Gasteiger partial charge in [0.25, 0.3) is 0 Å². The van der Waals surface area contributed by atoms with Crippen molar-refractivity contribution in [3.63, 3.8) is 0 Å². The van der Waals surface area contributed by atoms with E-state index in [9.17, 15) is 0 Å². The van der Waals surface area contributed by atoms with Crippen LogP contribution < -0.4 is 5.73 Å². The van der Waals surface area contributed by atoms with Gasteiger partial charge >= 0.3 is 0 Å². The van der Waals surface area contributed by atoms with Crippen LogP contribution >= 0.6 is 0 Å². The number of fused-ring (bicyclic) bond motifs is 2. The molecule has 0 amide bonds. The number of aromatic amines is 1. The Kier molecular flexibility index (Phi) is 4.37. The van der Waals surface area contributed by atoms with Gasteiger partial charge in [-0.2, -0.15) is 0 Å². The molecule has 1 aromatic heterocycles. The molecule has 0 fully saturated rings. The maximum absolute atomic E-state index is 5.79. The zero-order valence-electron chi connectivity index (χ0n) is 14.0. The molecular weight excluding hydrogens is 294 g/mol. The predicted octanol–water partition coefficient (Wildman–Crippen LogP) is 3.49. The molecule has 1 aliphatic rings. The third kappa shape index (κ3) is 2.97. The Morgan fingerprint density at radius 3 is 2.46 bits per heavy atom. The standard InChI is InChI=1S/C21H25N3/c22-10-5-11-24(19-12-16-6-1-2-7-17(16)13-19)15-18-14-23-21-9-4-3-8-20(18)21/h1-4,6-9,14,19,23H,5,10-13,15,22H2. The second kappa shape index (κ2) is 6.80. The Morgan fingerprint density at radius 2 is 1.71 bits per heavy atom. The lowest BCUT2D eigenvalue weighted by atomic mass is 10.1. The number of aromatic nitrogens is 1. The van der Waals surface area contributed by atoms with E-state index in [1.807, 2.05) is 0 Å². The summed E-state index contributed by atoms with van der Waals surface area (Å²) in [6.45, 7) is 2.81. The van der Waals surface area contributed by atoms with Gasteiger partial charge in [0.15, 0.2) is 0 Å². The van der Waals surface area contributed by atoms with E-state index in [0.29, 0.717) is 6.04 Å². The number of para-hydroxylation sites is 1. The molecule has 3 N–H and O–H groups in total. The van der Waals surface area contributed by atoms with Gasteiger partial charge < -0.3 is 10.7 Å². The minimum Gasteiger partial charge on any atom is -0.361 e. The third-order valence-corrected chi connectivity index (χ3v) is 5.24. The molecule has 0 aliphatic heterocycles. The van der Waals surface area contributed by atoms with Crippen LogP contribution in [-0.4, -0.2) is 29.0 Å². The molecule has 1 heterocycles. The Hall–Kier alpha value is -2.10. The molecular formula is C21H25N3. The quantitative estimate of drug-likeness (QED) is 0.730. The van der Waals surface area contributed by atoms with Gasteiger partial charge in [-0.05, 0) is 48.6 Å². The summed E-state index contributed by atoms with van der Waals surface area (Å²) in [5.74, 6) is 0. The maximum Gasteiger partial charge on any atom is 0.0457 e. The molecule has 0 radical (unpaired) electrons. The number of nitrogens with zero attached hydrogens (tertiary/aromatic N) is 1. The fourth-order valence-corrected chi connectivity index (χ4v) is 3.96. The lowest BCUT2D eigenvalue weighted by Gasteiger charge is -2.28. The zero-order chi connectivity index (χ0) is 16.4. The van der Waals surface area contributed by atoms with Crippen LogP contribution in [-0.2, 0) is 19.4 Å². The largest absolute Gasteiger partial charge is 0.361 e. The summed E-state index contributed by atoms with van der Waals surface area (Å²) in [5.41, 5.74) is 11.4. The Balaban J connectivity index is 1.56. The molecule has 0 spiro atoms. The van der Waals surface area contributed by atoms with Crippen molar-refractivity contribution >= 4 is 10.9 Å². The van der Waals surface area contributed by atoms with Crippen LogP contribution in [0, 0.1) is 0 Å². The molecule has 1 aliphatic carbocycles. The molecule has 0 saturated heterocycles. The van der Waals surface area contributed by atoms with Gasteiger partial charge in [0.2, 0.25) is 0 Å². The molecule has 3 aromatic rings. The van der Waals surface area contributed by atoms with E-state index < -0.39 is 0 Å². The lowest BCUT2D eigenvalue weighted by molar-refractivity contribution is 0.192. The van der Waals surface area contributed by atoms with E-state index in [1.54, 1.807) is 0 Å². The van der Waals surface area contributed by atoms with Gasteiger partial charge in [-0.15, -0.1) is 0 Å². The summed E-state index contributed by atoms with van der Waals surface area (Å²) in [6.07, 6.45) is 5.53. The van der Waals surface area contributed by atoms with Crippen molar-refractivity contribution in [1.82, 2.24) is 9.88 Å². The molecule has 124 valence electrons. The number of nitrogens with two attached hydrogens (primary N) is 1. The molecule has 0 bridgehead atoms. The van der Waals surface area contributed by atoms with Gasteiger partial charge in [-0.1, -0.05) is 42.5 Å². The first-order chi connectivity index (χ1) is 11.8. The van der Waals surface area contributed by atoms with Crippen LogP contribution in [0.5, 0.6) is 0 Å². The molecule has 0 atom stereocenters. The van der Waals surface area contributed by atoms with E-state index in [4.69, 9.17) is 5.73 Å². The number of rotatable bonds is 6. The highest BCUT2D eigenvalue weighted by Gasteiger charge is 2.26. The highest BCUT2D eigenvalue weighted by Crippen LogP contribution is 2.28. The van der Waals surface area contributed by atoms with Crippen molar-refractivity contribution in [3.8, 4) is 0 Å². The van der Waals surface area contributed by atoms with Crippen LogP contribution in [0.2, 0.25) is 0 Å². The number of H-pyrrole nitrogens is 1. The lowest BCUT2D eigenvalue weighted by Crippen LogP contribution is -2.37. The third-order valence-electron chi connectivity index (χ3n) is 5.24. The topological polar surface area (TPSA) is 45.0 Å². The number of hydrogen-bond donors (Lipinski definition) is 2. The minimum atomic E-state index is 0.586. The van der Waals surface area contributed by atoms with Crippen LogP contribution in [0.3, 0.4) is 0 Å². The Labute approximate surface area is 143 Å². The van der Waals surface area contributed by atoms with E-state index in [-0.39, 0.29) is 0 Å². The monoisotopic (exact) mass is 319 g/mol. The van der Waals surface area contributed by atoms with Gasteiger partial charge in [-0.3, -0.25) is 4.90 Å². The predicted molar refractivity (Wildman–Crippen MR) is 100 cm³/mol. The molecule has 0 saturated carbocycles. The summed E-state index contributed by atoms with van der Waals surface area (Å²) in [4.78, 5) is 6.03. The fourth-order valence-electron chi connectivity index (χ4n) is 3.96. The second-order valence-corrected chi connectivity index (χ2v) is 6.80. The van der Waals surface area contributed by atoms with E-state index >= 15 is 0 Å². The highest BCUT2D eigenvalue weighted by atomic mass is 15.2. The Morgan fingerprint density at radius 1 is 1.00 bits per heavy atom. The summed E-state index contributed by atoms with van der Waals surface area (Å²) in [5, 5.41) is 1.34. The van der Waals surface area contributed by atoms with Crippen molar-refractivity contribution in [3.05, 3.63) is 71.4 Å². The maximum atomic E-state index is 5.79. The average molecular weight is 319 g/mol. The number of hydrogen-bond acceptors (Lipinski definition) is 2. The summed E-state index contributed by atoms with van der Waals surface area (Å²) in [7, 11) is 0. The SMILES string of the molecule is NCCCN(Cc1c[nH]c2ccccc12)C1Cc2ccccc2C1.